The number of hydrogen-bond donors (Lipinski definition) is 1. The Hall–Kier alpha value is -3.93. The Balaban J connectivity index is 1.37. The van der Waals surface area contributed by atoms with Crippen LogP contribution in [-0.4, -0.2) is 28.7 Å². The summed E-state index contributed by atoms with van der Waals surface area (Å²) >= 11 is 15.2. The number of nitrogens with one attached hydrogen (secondary N) is 1. The zero-order valence-corrected chi connectivity index (χ0v) is 24.6. The number of likely N-dealkylation sites (tertiary alicyclic amines) is 1. The van der Waals surface area contributed by atoms with E-state index in [1.165, 1.54) is 0 Å². The highest BCUT2D eigenvalue weighted by Gasteiger charge is 2.73. The molecule has 4 aromatic rings. The van der Waals surface area contributed by atoms with Crippen LogP contribution in [0.5, 0.6) is 0 Å². The number of benzene rings is 4. The molecule has 0 unspecified atom stereocenters. The normalized spacial score (nSPS) is 26.0. The number of alkyl halides is 2. The summed E-state index contributed by atoms with van der Waals surface area (Å²) in [5.41, 5.74) is 6.30. The van der Waals surface area contributed by atoms with E-state index in [2.05, 4.69) is 5.32 Å². The van der Waals surface area contributed by atoms with Gasteiger partial charge in [0.15, 0.2) is 0 Å². The molecule has 3 amide bonds. The first-order chi connectivity index (χ1) is 20.2. The molecule has 1 aliphatic heterocycles. The minimum atomic E-state index is -1.31. The van der Waals surface area contributed by atoms with Gasteiger partial charge in [0.05, 0.1) is 11.8 Å². The number of carbonyl (C=O) groups is 3. The Kier molecular flexibility index (Phi) is 6.12. The standard InChI is InChI=1S/C35H28Cl2N2O3/c1-20-11-10-18-27(21(20)2)38-31(40)28(19-22-12-4-3-5-13-22)39-32(41)29-30(33(39)42)35(37)24-15-7-6-14-23(24)34(29,36)25-16-8-9-17-26(25)35/h3-18,28-30H,19H2,1-2H3,(H,38,40)/t28-,29-,30+,34?,35?/m0/s1. The van der Waals surface area contributed by atoms with E-state index in [4.69, 9.17) is 23.2 Å². The predicted molar refractivity (Wildman–Crippen MR) is 163 cm³/mol. The SMILES string of the molecule is Cc1cccc(NC(=O)[C@H](Cc2ccccc2)N2C(=O)[C@@H]3[C@H](C2=O)C2(Cl)c4ccccc4C3(Cl)c3ccccc32)c1C. The van der Waals surface area contributed by atoms with Crippen LogP contribution >= 0.6 is 23.2 Å². The second-order valence-corrected chi connectivity index (χ2v) is 12.7. The topological polar surface area (TPSA) is 66.5 Å². The fourth-order valence-electron chi connectivity index (χ4n) is 7.24. The van der Waals surface area contributed by atoms with Crippen molar-refractivity contribution in [3.63, 3.8) is 0 Å². The molecule has 4 aliphatic rings. The molecule has 42 heavy (non-hydrogen) atoms. The molecule has 4 aromatic carbocycles. The second kappa shape index (κ2) is 9.55. The lowest BCUT2D eigenvalue weighted by atomic mass is 9.54. The van der Waals surface area contributed by atoms with Crippen molar-refractivity contribution in [3.05, 3.63) is 136 Å². The number of rotatable bonds is 5. The summed E-state index contributed by atoms with van der Waals surface area (Å²) in [4.78, 5) is 41.8. The summed E-state index contributed by atoms with van der Waals surface area (Å²) in [7, 11) is 0. The lowest BCUT2D eigenvalue weighted by Gasteiger charge is -2.54. The molecule has 1 saturated heterocycles. The van der Waals surface area contributed by atoms with Crippen molar-refractivity contribution in [3.8, 4) is 0 Å². The second-order valence-electron chi connectivity index (χ2n) is 11.5. The zero-order chi connectivity index (χ0) is 29.4. The highest BCUT2D eigenvalue weighted by molar-refractivity contribution is 6.36. The van der Waals surface area contributed by atoms with Crippen molar-refractivity contribution >= 4 is 46.6 Å². The number of nitrogens with zero attached hydrogens (tertiary/aromatic N) is 1. The highest BCUT2D eigenvalue weighted by Crippen LogP contribution is 2.69. The average Bonchev–Trinajstić information content (AvgIpc) is 3.28. The van der Waals surface area contributed by atoms with E-state index < -0.39 is 45.3 Å². The average molecular weight is 596 g/mol. The van der Waals surface area contributed by atoms with Crippen LogP contribution in [0.15, 0.2) is 97.1 Å². The van der Waals surface area contributed by atoms with Gasteiger partial charge in [-0.3, -0.25) is 19.3 Å². The maximum absolute atomic E-state index is 14.6. The van der Waals surface area contributed by atoms with E-state index in [9.17, 15) is 14.4 Å². The van der Waals surface area contributed by atoms with Crippen molar-refractivity contribution in [2.45, 2.75) is 36.1 Å². The number of imide groups is 1. The maximum atomic E-state index is 14.6. The fourth-order valence-corrected chi connectivity index (χ4v) is 8.33. The molecule has 2 bridgehead atoms. The highest BCUT2D eigenvalue weighted by atomic mass is 35.5. The molecule has 0 spiro atoms. The van der Waals surface area contributed by atoms with Crippen LogP contribution in [0.2, 0.25) is 0 Å². The van der Waals surface area contributed by atoms with Gasteiger partial charge in [0.2, 0.25) is 17.7 Å². The van der Waals surface area contributed by atoms with Gasteiger partial charge in [-0.15, -0.1) is 23.2 Å². The van der Waals surface area contributed by atoms with Crippen LogP contribution in [-0.2, 0) is 30.6 Å². The molecule has 210 valence electrons. The minimum absolute atomic E-state index is 0.152. The first-order valence-electron chi connectivity index (χ1n) is 14.0. The van der Waals surface area contributed by atoms with Crippen molar-refractivity contribution in [2.75, 3.05) is 5.32 Å². The molecule has 8 rings (SSSR count). The first-order valence-corrected chi connectivity index (χ1v) is 14.8. The maximum Gasteiger partial charge on any atom is 0.248 e. The molecule has 5 nitrogen and oxygen atoms in total. The van der Waals surface area contributed by atoms with E-state index in [0.29, 0.717) is 5.69 Å². The van der Waals surface area contributed by atoms with Gasteiger partial charge in [-0.05, 0) is 58.9 Å². The van der Waals surface area contributed by atoms with E-state index in [1.807, 2.05) is 111 Å². The van der Waals surface area contributed by atoms with Crippen LogP contribution in [0.3, 0.4) is 0 Å². The van der Waals surface area contributed by atoms with Crippen LogP contribution in [0.1, 0.15) is 38.9 Å². The fraction of sp³-hybridized carbons (Fsp3) is 0.229. The summed E-state index contributed by atoms with van der Waals surface area (Å²) in [6, 6.07) is 29.0. The third-order valence-electron chi connectivity index (χ3n) is 9.37. The summed E-state index contributed by atoms with van der Waals surface area (Å²) in [5.74, 6) is -3.35. The van der Waals surface area contributed by atoms with Gasteiger partial charge in [-0.25, -0.2) is 0 Å². The largest absolute Gasteiger partial charge is 0.324 e. The van der Waals surface area contributed by atoms with Crippen molar-refractivity contribution in [1.82, 2.24) is 4.90 Å². The predicted octanol–water partition coefficient (Wildman–Crippen LogP) is 6.45. The Morgan fingerprint density at radius 3 is 1.71 bits per heavy atom. The number of carbonyl (C=O) groups excluding carboxylic acids is 3. The number of anilines is 1. The molecule has 0 saturated carbocycles. The Bertz CT molecular complexity index is 1660. The Labute approximate surface area is 254 Å². The van der Waals surface area contributed by atoms with E-state index >= 15 is 0 Å². The van der Waals surface area contributed by atoms with E-state index in [-0.39, 0.29) is 6.42 Å². The van der Waals surface area contributed by atoms with Crippen LogP contribution in [0.4, 0.5) is 5.69 Å². The minimum Gasteiger partial charge on any atom is -0.324 e. The molecule has 7 heteroatoms. The molecule has 1 fully saturated rings. The Morgan fingerprint density at radius 1 is 0.738 bits per heavy atom. The summed E-state index contributed by atoms with van der Waals surface area (Å²) in [5, 5.41) is 3.01. The third-order valence-corrected chi connectivity index (χ3v) is 10.7. The van der Waals surface area contributed by atoms with Crippen LogP contribution in [0.25, 0.3) is 0 Å². The third kappa shape index (κ3) is 3.53. The lowest BCUT2D eigenvalue weighted by molar-refractivity contribution is -0.146. The number of hydrogen-bond acceptors (Lipinski definition) is 3. The monoisotopic (exact) mass is 594 g/mol. The molecule has 1 N–H and O–H groups in total. The quantitative estimate of drug-likeness (QED) is 0.213. The van der Waals surface area contributed by atoms with Crippen LogP contribution < -0.4 is 5.32 Å². The summed E-state index contributed by atoms with van der Waals surface area (Å²) in [6.07, 6.45) is 0.152. The van der Waals surface area contributed by atoms with Crippen LogP contribution in [0, 0.1) is 25.7 Å². The van der Waals surface area contributed by atoms with E-state index in [1.54, 1.807) is 0 Å². The molecule has 1 heterocycles. The lowest BCUT2D eigenvalue weighted by Crippen LogP contribution is -2.57. The summed E-state index contributed by atoms with van der Waals surface area (Å²) in [6.45, 7) is 3.90. The molecule has 0 radical (unpaired) electrons. The number of halogens is 2. The molecular formula is C35H28Cl2N2O3. The molecular weight excluding hydrogens is 567 g/mol. The Morgan fingerprint density at radius 2 is 1.21 bits per heavy atom. The van der Waals surface area contributed by atoms with Gasteiger partial charge in [0, 0.05) is 12.1 Å². The van der Waals surface area contributed by atoms with Gasteiger partial charge in [-0.2, -0.15) is 0 Å². The van der Waals surface area contributed by atoms with Crippen molar-refractivity contribution in [1.29, 1.82) is 0 Å². The molecule has 3 atom stereocenters. The van der Waals surface area contributed by atoms with Crippen molar-refractivity contribution < 1.29 is 14.4 Å². The molecule has 3 aliphatic carbocycles. The number of amides is 3. The van der Waals surface area contributed by atoms with Gasteiger partial charge >= 0.3 is 0 Å². The van der Waals surface area contributed by atoms with Gasteiger partial charge in [0.25, 0.3) is 0 Å². The zero-order valence-electron chi connectivity index (χ0n) is 23.1. The van der Waals surface area contributed by atoms with Gasteiger partial charge in [0.1, 0.15) is 15.8 Å². The molecule has 0 aromatic heterocycles. The smallest absolute Gasteiger partial charge is 0.248 e. The van der Waals surface area contributed by atoms with Gasteiger partial charge in [-0.1, -0.05) is 91.0 Å². The van der Waals surface area contributed by atoms with Gasteiger partial charge < -0.3 is 5.32 Å². The number of aryl methyl sites for hydroxylation is 1. The summed E-state index contributed by atoms with van der Waals surface area (Å²) < 4.78 is 0. The first kappa shape index (κ1) is 26.9. The van der Waals surface area contributed by atoms with E-state index in [0.717, 1.165) is 43.8 Å². The van der Waals surface area contributed by atoms with Crippen molar-refractivity contribution in [2.24, 2.45) is 11.8 Å².